The van der Waals surface area contributed by atoms with Crippen LogP contribution >= 0.6 is 0 Å². The molecule has 25 heavy (non-hydrogen) atoms. The molecule has 0 bridgehead atoms. The molecule has 1 aliphatic rings. The third-order valence-corrected chi connectivity index (χ3v) is 4.44. The molecular weight excluding hydrogens is 320 g/mol. The van der Waals surface area contributed by atoms with Gasteiger partial charge in [0, 0.05) is 55.6 Å². The average molecular weight is 344 g/mol. The highest BCUT2D eigenvalue weighted by Gasteiger charge is 2.25. The van der Waals surface area contributed by atoms with E-state index >= 15 is 0 Å². The van der Waals surface area contributed by atoms with E-state index in [1.54, 1.807) is 6.07 Å². The Balaban J connectivity index is 1.90. The number of aliphatic hydroxyl groups is 1. The molecule has 3 rings (SSSR count). The number of β-amino-alcohol motifs (C(OH)–C–C–N with tert-alkyl or cyclic N) is 1. The van der Waals surface area contributed by atoms with Crippen molar-refractivity contribution in [1.29, 1.82) is 0 Å². The van der Waals surface area contributed by atoms with Crippen molar-refractivity contribution in [3.05, 3.63) is 40.1 Å². The standard InChI is InChI=1S/C18H24N4O3/c1-13-11-16(14-5-4-6-15(22(24)25)17(14)19-13)21-9-7-20(8-10-21)12-18(2,3)23/h4-6,11,23H,7-10,12H2,1-3H3. The molecule has 0 unspecified atom stereocenters. The number of anilines is 1. The number of non-ortho nitro benzene ring substituents is 1. The van der Waals surface area contributed by atoms with Crippen molar-refractivity contribution < 1.29 is 10.0 Å². The van der Waals surface area contributed by atoms with Crippen LogP contribution in [-0.2, 0) is 0 Å². The van der Waals surface area contributed by atoms with Gasteiger partial charge in [-0.15, -0.1) is 0 Å². The molecule has 1 aromatic carbocycles. The highest BCUT2D eigenvalue weighted by Crippen LogP contribution is 2.32. The SMILES string of the molecule is Cc1cc(N2CCN(CC(C)(C)O)CC2)c2cccc([N+](=O)[O-])c2n1. The first kappa shape index (κ1) is 17.6. The van der Waals surface area contributed by atoms with Crippen LogP contribution < -0.4 is 4.90 Å². The van der Waals surface area contributed by atoms with E-state index in [4.69, 9.17) is 0 Å². The van der Waals surface area contributed by atoms with E-state index in [0.717, 1.165) is 42.9 Å². The molecule has 134 valence electrons. The maximum absolute atomic E-state index is 11.3. The second-order valence-electron chi connectivity index (χ2n) is 7.29. The Morgan fingerprint density at radius 3 is 2.56 bits per heavy atom. The summed E-state index contributed by atoms with van der Waals surface area (Å²) >= 11 is 0. The molecule has 0 atom stereocenters. The zero-order valence-corrected chi connectivity index (χ0v) is 14.9. The van der Waals surface area contributed by atoms with Gasteiger partial charge in [-0.2, -0.15) is 0 Å². The third kappa shape index (κ3) is 3.88. The Hall–Kier alpha value is -2.25. The monoisotopic (exact) mass is 344 g/mol. The molecule has 7 heteroatoms. The maximum atomic E-state index is 11.3. The van der Waals surface area contributed by atoms with Crippen LogP contribution in [0.4, 0.5) is 11.4 Å². The topological polar surface area (TPSA) is 82.7 Å². The summed E-state index contributed by atoms with van der Waals surface area (Å²) < 4.78 is 0. The van der Waals surface area contributed by atoms with E-state index in [9.17, 15) is 15.2 Å². The molecule has 0 spiro atoms. The largest absolute Gasteiger partial charge is 0.389 e. The average Bonchev–Trinajstić information content (AvgIpc) is 2.52. The second-order valence-corrected chi connectivity index (χ2v) is 7.29. The van der Waals surface area contributed by atoms with E-state index in [1.807, 2.05) is 32.9 Å². The van der Waals surface area contributed by atoms with Crippen LogP contribution in [0.5, 0.6) is 0 Å². The van der Waals surface area contributed by atoms with E-state index in [2.05, 4.69) is 14.8 Å². The number of fused-ring (bicyclic) bond motifs is 1. The molecule has 0 aliphatic carbocycles. The zero-order valence-electron chi connectivity index (χ0n) is 14.9. The number of aromatic nitrogens is 1. The number of piperazine rings is 1. The van der Waals surface area contributed by atoms with Gasteiger partial charge in [-0.25, -0.2) is 4.98 Å². The fourth-order valence-electron chi connectivity index (χ4n) is 3.44. The van der Waals surface area contributed by atoms with Crippen LogP contribution in [0.1, 0.15) is 19.5 Å². The lowest BCUT2D eigenvalue weighted by atomic mass is 10.1. The van der Waals surface area contributed by atoms with Crippen LogP contribution in [0.2, 0.25) is 0 Å². The fraction of sp³-hybridized carbons (Fsp3) is 0.500. The summed E-state index contributed by atoms with van der Waals surface area (Å²) in [6.45, 7) is 9.47. The Bertz CT molecular complexity index is 793. The number of nitro benzene ring substituents is 1. The predicted octanol–water partition coefficient (Wildman–Crippen LogP) is 2.34. The molecule has 2 heterocycles. The van der Waals surface area contributed by atoms with Crippen molar-refractivity contribution in [3.8, 4) is 0 Å². The number of rotatable bonds is 4. The van der Waals surface area contributed by atoms with Gasteiger partial charge < -0.3 is 10.0 Å². The highest BCUT2D eigenvalue weighted by atomic mass is 16.6. The van der Waals surface area contributed by atoms with Gasteiger partial charge >= 0.3 is 0 Å². The zero-order chi connectivity index (χ0) is 18.2. The number of hydrogen-bond acceptors (Lipinski definition) is 6. The first-order chi connectivity index (χ1) is 11.7. The molecule has 1 aromatic heterocycles. The number of para-hydroxylation sites is 1. The lowest BCUT2D eigenvalue weighted by Gasteiger charge is -2.38. The Morgan fingerprint density at radius 1 is 1.28 bits per heavy atom. The maximum Gasteiger partial charge on any atom is 0.295 e. The van der Waals surface area contributed by atoms with Gasteiger partial charge in [0.2, 0.25) is 0 Å². The van der Waals surface area contributed by atoms with Gasteiger partial charge in [0.15, 0.2) is 5.52 Å². The van der Waals surface area contributed by atoms with Gasteiger partial charge in [-0.3, -0.25) is 15.0 Å². The van der Waals surface area contributed by atoms with Crippen molar-refractivity contribution in [1.82, 2.24) is 9.88 Å². The van der Waals surface area contributed by atoms with E-state index in [1.165, 1.54) is 6.07 Å². The van der Waals surface area contributed by atoms with Gasteiger partial charge in [0.05, 0.1) is 10.5 Å². The van der Waals surface area contributed by atoms with Crippen molar-refractivity contribution in [2.45, 2.75) is 26.4 Å². The van der Waals surface area contributed by atoms with Gasteiger partial charge in [0.1, 0.15) is 0 Å². The smallest absolute Gasteiger partial charge is 0.295 e. The van der Waals surface area contributed by atoms with E-state index < -0.39 is 5.60 Å². The summed E-state index contributed by atoms with van der Waals surface area (Å²) in [4.78, 5) is 19.8. The number of benzene rings is 1. The van der Waals surface area contributed by atoms with E-state index in [-0.39, 0.29) is 10.6 Å². The number of pyridine rings is 1. The minimum absolute atomic E-state index is 0.0446. The predicted molar refractivity (Wildman–Crippen MR) is 98.1 cm³/mol. The lowest BCUT2D eigenvalue weighted by Crippen LogP contribution is -2.50. The Kier molecular flexibility index (Phi) is 4.62. The molecule has 1 fully saturated rings. The molecule has 0 radical (unpaired) electrons. The summed E-state index contributed by atoms with van der Waals surface area (Å²) in [6.07, 6.45) is 0. The first-order valence-corrected chi connectivity index (χ1v) is 8.49. The summed E-state index contributed by atoms with van der Waals surface area (Å²) in [6, 6.07) is 7.11. The van der Waals surface area contributed by atoms with Crippen molar-refractivity contribution in [3.63, 3.8) is 0 Å². The summed E-state index contributed by atoms with van der Waals surface area (Å²) in [5.41, 5.74) is 1.55. The lowest BCUT2D eigenvalue weighted by molar-refractivity contribution is -0.383. The van der Waals surface area contributed by atoms with Crippen LogP contribution in [0.25, 0.3) is 10.9 Å². The normalized spacial score (nSPS) is 16.4. The van der Waals surface area contributed by atoms with Crippen molar-refractivity contribution >= 4 is 22.3 Å². The molecule has 2 aromatic rings. The van der Waals surface area contributed by atoms with Crippen molar-refractivity contribution in [2.75, 3.05) is 37.6 Å². The minimum atomic E-state index is -0.706. The number of nitrogens with zero attached hydrogens (tertiary/aromatic N) is 4. The fourth-order valence-corrected chi connectivity index (χ4v) is 3.44. The van der Waals surface area contributed by atoms with Crippen LogP contribution in [-0.4, -0.2) is 58.2 Å². The summed E-state index contributed by atoms with van der Waals surface area (Å²) in [7, 11) is 0. The summed E-state index contributed by atoms with van der Waals surface area (Å²) in [5.74, 6) is 0. The second kappa shape index (κ2) is 6.57. The first-order valence-electron chi connectivity index (χ1n) is 8.49. The molecule has 0 amide bonds. The number of nitro groups is 1. The Labute approximate surface area is 147 Å². The third-order valence-electron chi connectivity index (χ3n) is 4.44. The van der Waals surface area contributed by atoms with E-state index in [0.29, 0.717) is 12.1 Å². The van der Waals surface area contributed by atoms with Crippen molar-refractivity contribution in [2.24, 2.45) is 0 Å². The van der Waals surface area contributed by atoms with Gasteiger partial charge in [-0.05, 0) is 26.8 Å². The minimum Gasteiger partial charge on any atom is -0.389 e. The molecule has 0 saturated carbocycles. The number of aryl methyl sites for hydroxylation is 1. The molecule has 1 aliphatic heterocycles. The quantitative estimate of drug-likeness (QED) is 0.677. The molecule has 1 N–H and O–H groups in total. The molecule has 7 nitrogen and oxygen atoms in total. The molecular formula is C18H24N4O3. The number of hydrogen-bond donors (Lipinski definition) is 1. The van der Waals surface area contributed by atoms with Crippen LogP contribution in [0.3, 0.4) is 0 Å². The van der Waals surface area contributed by atoms with Crippen LogP contribution in [0, 0.1) is 17.0 Å². The van der Waals surface area contributed by atoms with Gasteiger partial charge in [0.25, 0.3) is 5.69 Å². The summed E-state index contributed by atoms with van der Waals surface area (Å²) in [5, 5.41) is 22.1. The highest BCUT2D eigenvalue weighted by molar-refractivity contribution is 5.97. The Morgan fingerprint density at radius 2 is 1.96 bits per heavy atom. The van der Waals surface area contributed by atoms with Crippen LogP contribution in [0.15, 0.2) is 24.3 Å². The van der Waals surface area contributed by atoms with Gasteiger partial charge in [-0.1, -0.05) is 12.1 Å². The molecule has 1 saturated heterocycles.